The van der Waals surface area contributed by atoms with Crippen molar-refractivity contribution in [2.45, 2.75) is 12.2 Å². The number of hydrogen-bond acceptors (Lipinski definition) is 2. The Labute approximate surface area is 104 Å². The third-order valence-corrected chi connectivity index (χ3v) is 4.10. The predicted molar refractivity (Wildman–Crippen MR) is 72.4 cm³/mol. The predicted octanol–water partition coefficient (Wildman–Crippen LogP) is 2.47. The van der Waals surface area contributed by atoms with Gasteiger partial charge in [0, 0.05) is 28.9 Å². The number of benzene rings is 2. The Hall–Kier alpha value is -1.19. The second-order valence-electron chi connectivity index (χ2n) is 4.00. The molecule has 1 N–H and O–H groups in total. The molecule has 0 aliphatic rings. The van der Waals surface area contributed by atoms with Crippen molar-refractivity contribution in [1.29, 1.82) is 0 Å². The fraction of sp³-hybridized carbons (Fsp3) is 0.286. The summed E-state index contributed by atoms with van der Waals surface area (Å²) in [5.41, 5.74) is 1.12. The van der Waals surface area contributed by atoms with Crippen molar-refractivity contribution in [3.05, 3.63) is 48.0 Å². The second-order valence-corrected chi connectivity index (χ2v) is 5.58. The zero-order valence-electron chi connectivity index (χ0n) is 9.63. The van der Waals surface area contributed by atoms with E-state index in [1.54, 1.807) is 0 Å². The van der Waals surface area contributed by atoms with Crippen LogP contribution in [0.15, 0.2) is 42.5 Å². The minimum atomic E-state index is -0.887. The highest BCUT2D eigenvalue weighted by atomic mass is 32.2. The summed E-state index contributed by atoms with van der Waals surface area (Å²) in [6.45, 7) is 0.112. The maximum Gasteiger partial charge on any atom is 0.0491 e. The van der Waals surface area contributed by atoms with Crippen molar-refractivity contribution in [3.63, 3.8) is 0 Å². The Morgan fingerprint density at radius 2 is 1.82 bits per heavy atom. The molecule has 0 fully saturated rings. The van der Waals surface area contributed by atoms with Gasteiger partial charge in [-0.25, -0.2) is 0 Å². The van der Waals surface area contributed by atoms with Crippen LogP contribution in [-0.2, 0) is 16.6 Å². The summed E-state index contributed by atoms with van der Waals surface area (Å²) in [5, 5.41) is 11.1. The molecule has 90 valence electrons. The summed E-state index contributed by atoms with van der Waals surface area (Å²) in [4.78, 5) is 0. The van der Waals surface area contributed by atoms with Crippen molar-refractivity contribution < 1.29 is 9.32 Å². The van der Waals surface area contributed by atoms with E-state index in [2.05, 4.69) is 18.2 Å². The molecule has 0 saturated heterocycles. The molecule has 0 aromatic heterocycles. The summed E-state index contributed by atoms with van der Waals surface area (Å²) in [6, 6.07) is 14.2. The van der Waals surface area contributed by atoms with E-state index in [9.17, 15) is 4.21 Å². The highest BCUT2D eigenvalue weighted by molar-refractivity contribution is 7.84. The Balaban J connectivity index is 2.21. The summed E-state index contributed by atoms with van der Waals surface area (Å²) in [6.07, 6.45) is 0.609. The third kappa shape index (κ3) is 3.14. The lowest BCUT2D eigenvalue weighted by Gasteiger charge is -2.06. The van der Waals surface area contributed by atoms with Crippen LogP contribution < -0.4 is 0 Å². The Kier molecular flexibility index (Phi) is 4.29. The molecule has 0 aliphatic carbocycles. The van der Waals surface area contributed by atoms with E-state index in [1.165, 1.54) is 10.8 Å². The highest BCUT2D eigenvalue weighted by Gasteiger charge is 2.05. The minimum absolute atomic E-state index is 0.112. The van der Waals surface area contributed by atoms with Crippen LogP contribution in [-0.4, -0.2) is 21.7 Å². The second kappa shape index (κ2) is 5.94. The zero-order chi connectivity index (χ0) is 12.1. The molecule has 0 bridgehead atoms. The van der Waals surface area contributed by atoms with Crippen LogP contribution in [0.25, 0.3) is 10.8 Å². The van der Waals surface area contributed by atoms with Crippen molar-refractivity contribution in [3.8, 4) is 0 Å². The molecule has 0 heterocycles. The first-order chi connectivity index (χ1) is 8.31. The molecule has 2 nitrogen and oxygen atoms in total. The molecule has 1 unspecified atom stereocenters. The summed E-state index contributed by atoms with van der Waals surface area (Å²) < 4.78 is 11.8. The lowest BCUT2D eigenvalue weighted by atomic mass is 10.1. The van der Waals surface area contributed by atoms with Gasteiger partial charge >= 0.3 is 0 Å². The van der Waals surface area contributed by atoms with Gasteiger partial charge in [-0.15, -0.1) is 0 Å². The maximum atomic E-state index is 11.8. The van der Waals surface area contributed by atoms with Gasteiger partial charge in [-0.1, -0.05) is 42.5 Å². The molecule has 0 spiro atoms. The Morgan fingerprint density at radius 1 is 1.06 bits per heavy atom. The van der Waals surface area contributed by atoms with Gasteiger partial charge in [-0.2, -0.15) is 0 Å². The standard InChI is InChI=1S/C14H16O2S/c15-9-4-10-17(16)11-13-7-3-6-12-5-1-2-8-14(12)13/h1-3,5-8,15H,4,9-11H2. The quantitative estimate of drug-likeness (QED) is 0.882. The molecule has 0 radical (unpaired) electrons. The van der Waals surface area contributed by atoms with Gasteiger partial charge < -0.3 is 5.11 Å². The van der Waals surface area contributed by atoms with E-state index < -0.39 is 10.8 Å². The molecule has 2 rings (SSSR count). The third-order valence-electron chi connectivity index (χ3n) is 2.73. The van der Waals surface area contributed by atoms with Gasteiger partial charge in [0.1, 0.15) is 0 Å². The Morgan fingerprint density at radius 3 is 2.65 bits per heavy atom. The lowest BCUT2D eigenvalue weighted by Crippen LogP contribution is -2.03. The smallest absolute Gasteiger partial charge is 0.0491 e. The first-order valence-electron chi connectivity index (χ1n) is 5.74. The molecule has 0 aliphatic heterocycles. The molecule has 0 amide bonds. The number of rotatable bonds is 5. The molecule has 2 aromatic carbocycles. The van der Waals surface area contributed by atoms with Crippen molar-refractivity contribution in [2.24, 2.45) is 0 Å². The summed E-state index contributed by atoms with van der Waals surface area (Å²) in [7, 11) is -0.887. The topological polar surface area (TPSA) is 37.3 Å². The average molecular weight is 248 g/mol. The fourth-order valence-electron chi connectivity index (χ4n) is 1.89. The molecule has 2 aromatic rings. The molecular formula is C14H16O2S. The number of aliphatic hydroxyl groups is 1. The van der Waals surface area contributed by atoms with E-state index >= 15 is 0 Å². The first kappa shape index (κ1) is 12.3. The molecule has 0 saturated carbocycles. The van der Waals surface area contributed by atoms with Crippen molar-refractivity contribution in [2.75, 3.05) is 12.4 Å². The number of hydrogen-bond donors (Lipinski definition) is 1. The van der Waals surface area contributed by atoms with Crippen LogP contribution in [0.2, 0.25) is 0 Å². The van der Waals surface area contributed by atoms with Gasteiger partial charge in [0.15, 0.2) is 0 Å². The van der Waals surface area contributed by atoms with Crippen molar-refractivity contribution in [1.82, 2.24) is 0 Å². The van der Waals surface area contributed by atoms with E-state index in [0.717, 1.165) is 5.56 Å². The first-order valence-corrected chi connectivity index (χ1v) is 7.22. The summed E-state index contributed by atoms with van der Waals surface area (Å²) in [5.74, 6) is 1.14. The van der Waals surface area contributed by atoms with E-state index in [-0.39, 0.29) is 6.61 Å². The maximum absolute atomic E-state index is 11.8. The van der Waals surface area contributed by atoms with Crippen molar-refractivity contribution >= 4 is 21.6 Å². The summed E-state index contributed by atoms with van der Waals surface area (Å²) >= 11 is 0. The monoisotopic (exact) mass is 248 g/mol. The molecule has 3 heteroatoms. The van der Waals surface area contributed by atoms with Crippen LogP contribution in [0.3, 0.4) is 0 Å². The fourth-order valence-corrected chi connectivity index (χ4v) is 3.08. The Bertz CT molecular complexity index is 517. The van der Waals surface area contributed by atoms with Gasteiger partial charge in [-0.3, -0.25) is 4.21 Å². The van der Waals surface area contributed by atoms with Crippen LogP contribution in [0.1, 0.15) is 12.0 Å². The molecule has 17 heavy (non-hydrogen) atoms. The lowest BCUT2D eigenvalue weighted by molar-refractivity contribution is 0.296. The number of aliphatic hydroxyl groups excluding tert-OH is 1. The van der Waals surface area contributed by atoms with Gasteiger partial charge in [0.2, 0.25) is 0 Å². The van der Waals surface area contributed by atoms with Crippen LogP contribution in [0, 0.1) is 0 Å². The van der Waals surface area contributed by atoms with Crippen LogP contribution in [0.4, 0.5) is 0 Å². The van der Waals surface area contributed by atoms with E-state index in [4.69, 9.17) is 5.11 Å². The van der Waals surface area contributed by atoms with Gasteiger partial charge in [0.05, 0.1) is 0 Å². The molecule has 1 atom stereocenters. The minimum Gasteiger partial charge on any atom is -0.396 e. The van der Waals surface area contributed by atoms with Gasteiger partial charge in [0.25, 0.3) is 0 Å². The zero-order valence-corrected chi connectivity index (χ0v) is 10.5. The largest absolute Gasteiger partial charge is 0.396 e. The highest BCUT2D eigenvalue weighted by Crippen LogP contribution is 2.19. The normalized spacial score (nSPS) is 12.8. The molecular weight excluding hydrogens is 232 g/mol. The van der Waals surface area contributed by atoms with Crippen LogP contribution in [0.5, 0.6) is 0 Å². The number of fused-ring (bicyclic) bond motifs is 1. The average Bonchev–Trinajstić information content (AvgIpc) is 2.37. The van der Waals surface area contributed by atoms with E-state index in [1.807, 2.05) is 24.3 Å². The van der Waals surface area contributed by atoms with Crippen LogP contribution >= 0.6 is 0 Å². The van der Waals surface area contributed by atoms with E-state index in [0.29, 0.717) is 17.9 Å². The SMILES string of the molecule is O=S(CCCO)Cc1cccc2ccccc12. The van der Waals surface area contributed by atoms with Gasteiger partial charge in [-0.05, 0) is 22.8 Å².